The highest BCUT2D eigenvalue weighted by atomic mass is 19.1. The molecule has 2 saturated heterocycles. The summed E-state index contributed by atoms with van der Waals surface area (Å²) in [7, 11) is 0. The van der Waals surface area contributed by atoms with Crippen LogP contribution in [-0.2, 0) is 9.53 Å². The molecular formula is C9H12FNO2. The van der Waals surface area contributed by atoms with E-state index in [2.05, 4.69) is 0 Å². The maximum absolute atomic E-state index is 12.5. The molecule has 0 bridgehead atoms. The van der Waals surface area contributed by atoms with Crippen molar-refractivity contribution in [2.24, 2.45) is 11.8 Å². The Labute approximate surface area is 75.8 Å². The number of halogens is 1. The van der Waals surface area contributed by atoms with Gasteiger partial charge < -0.3 is 9.64 Å². The van der Waals surface area contributed by atoms with Gasteiger partial charge in [0, 0.05) is 12.5 Å². The van der Waals surface area contributed by atoms with E-state index in [9.17, 15) is 9.18 Å². The number of hydrogen-bond donors (Lipinski definition) is 0. The zero-order valence-corrected chi connectivity index (χ0v) is 7.28. The molecule has 1 aliphatic carbocycles. The van der Waals surface area contributed by atoms with Crippen LogP contribution in [0.25, 0.3) is 0 Å². The molecule has 3 atom stereocenters. The lowest BCUT2D eigenvalue weighted by molar-refractivity contribution is -0.141. The van der Waals surface area contributed by atoms with Crippen LogP contribution in [0.1, 0.15) is 6.42 Å². The molecule has 3 unspecified atom stereocenters. The molecule has 0 aromatic heterocycles. The van der Waals surface area contributed by atoms with Gasteiger partial charge in [0.15, 0.2) is 0 Å². The van der Waals surface area contributed by atoms with Gasteiger partial charge in [0.05, 0.1) is 25.1 Å². The van der Waals surface area contributed by atoms with Crippen molar-refractivity contribution in [3.8, 4) is 0 Å². The Kier molecular flexibility index (Phi) is 1.45. The number of carbonyl (C=O) groups is 1. The molecule has 3 aliphatic rings. The first kappa shape index (κ1) is 7.74. The molecule has 3 rings (SSSR count). The summed E-state index contributed by atoms with van der Waals surface area (Å²) in [6, 6.07) is 0. The molecule has 72 valence electrons. The Hall–Kier alpha value is -0.640. The van der Waals surface area contributed by atoms with Crippen molar-refractivity contribution in [2.45, 2.75) is 18.7 Å². The SMILES string of the molecule is O=C(C1C2CCOC21)N1CC(F)C1. The summed E-state index contributed by atoms with van der Waals surface area (Å²) in [5, 5.41) is 0. The van der Waals surface area contributed by atoms with Crippen LogP contribution in [0.3, 0.4) is 0 Å². The highest BCUT2D eigenvalue weighted by molar-refractivity contribution is 5.83. The Bertz CT molecular complexity index is 242. The van der Waals surface area contributed by atoms with E-state index in [1.807, 2.05) is 0 Å². The molecule has 2 heterocycles. The monoisotopic (exact) mass is 185 g/mol. The predicted octanol–water partition coefficient (Wildman–Crippen LogP) is 0.202. The van der Waals surface area contributed by atoms with Crippen LogP contribution in [0.2, 0.25) is 0 Å². The molecule has 13 heavy (non-hydrogen) atoms. The number of rotatable bonds is 1. The zero-order valence-electron chi connectivity index (χ0n) is 7.28. The van der Waals surface area contributed by atoms with Crippen molar-refractivity contribution in [1.82, 2.24) is 4.90 Å². The fourth-order valence-corrected chi connectivity index (χ4v) is 2.39. The summed E-state index contributed by atoms with van der Waals surface area (Å²) in [5.41, 5.74) is 0. The van der Waals surface area contributed by atoms with E-state index in [1.165, 1.54) is 0 Å². The summed E-state index contributed by atoms with van der Waals surface area (Å²) in [5.74, 6) is 0.635. The summed E-state index contributed by atoms with van der Waals surface area (Å²) >= 11 is 0. The molecule has 0 radical (unpaired) electrons. The Balaban J connectivity index is 1.59. The third-order valence-electron chi connectivity index (χ3n) is 3.29. The topological polar surface area (TPSA) is 29.5 Å². The normalized spacial score (nSPS) is 42.8. The minimum Gasteiger partial charge on any atom is -0.377 e. The van der Waals surface area contributed by atoms with Crippen LogP contribution < -0.4 is 0 Å². The van der Waals surface area contributed by atoms with E-state index in [-0.39, 0.29) is 17.9 Å². The van der Waals surface area contributed by atoms with E-state index < -0.39 is 6.17 Å². The summed E-state index contributed by atoms with van der Waals surface area (Å²) in [6.45, 7) is 1.40. The van der Waals surface area contributed by atoms with Crippen LogP contribution in [0.5, 0.6) is 0 Å². The molecule has 1 amide bonds. The van der Waals surface area contributed by atoms with Crippen LogP contribution in [0.4, 0.5) is 4.39 Å². The molecule has 0 N–H and O–H groups in total. The smallest absolute Gasteiger partial charge is 0.228 e. The van der Waals surface area contributed by atoms with E-state index in [4.69, 9.17) is 4.74 Å². The lowest BCUT2D eigenvalue weighted by Gasteiger charge is -2.34. The van der Waals surface area contributed by atoms with Gasteiger partial charge in [-0.05, 0) is 6.42 Å². The van der Waals surface area contributed by atoms with Gasteiger partial charge in [0.25, 0.3) is 0 Å². The summed E-state index contributed by atoms with van der Waals surface area (Å²) in [4.78, 5) is 13.2. The van der Waals surface area contributed by atoms with Crippen LogP contribution in [0, 0.1) is 11.8 Å². The first-order valence-corrected chi connectivity index (χ1v) is 4.82. The molecule has 3 fully saturated rings. The van der Waals surface area contributed by atoms with Gasteiger partial charge in [-0.25, -0.2) is 4.39 Å². The second-order valence-electron chi connectivity index (χ2n) is 4.15. The molecule has 3 nitrogen and oxygen atoms in total. The minimum absolute atomic E-state index is 0.0706. The molecule has 0 aromatic carbocycles. The highest BCUT2D eigenvalue weighted by Gasteiger charge is 2.60. The van der Waals surface area contributed by atoms with Gasteiger partial charge in [-0.1, -0.05) is 0 Å². The molecule has 4 heteroatoms. The van der Waals surface area contributed by atoms with E-state index >= 15 is 0 Å². The molecule has 0 spiro atoms. The fourth-order valence-electron chi connectivity index (χ4n) is 2.39. The second kappa shape index (κ2) is 2.44. The van der Waals surface area contributed by atoms with E-state index in [1.54, 1.807) is 4.90 Å². The summed E-state index contributed by atoms with van der Waals surface area (Å²) < 4.78 is 17.8. The average molecular weight is 185 g/mol. The second-order valence-corrected chi connectivity index (χ2v) is 4.15. The van der Waals surface area contributed by atoms with Crippen LogP contribution in [0.15, 0.2) is 0 Å². The Morgan fingerprint density at radius 1 is 1.46 bits per heavy atom. The third-order valence-corrected chi connectivity index (χ3v) is 3.29. The van der Waals surface area contributed by atoms with Crippen molar-refractivity contribution in [2.75, 3.05) is 19.7 Å². The van der Waals surface area contributed by atoms with Gasteiger partial charge >= 0.3 is 0 Å². The number of hydrogen-bond acceptors (Lipinski definition) is 2. The maximum atomic E-state index is 12.5. The van der Waals surface area contributed by atoms with Crippen molar-refractivity contribution < 1.29 is 13.9 Å². The number of amides is 1. The van der Waals surface area contributed by atoms with Crippen molar-refractivity contribution in [1.29, 1.82) is 0 Å². The van der Waals surface area contributed by atoms with E-state index in [0.717, 1.165) is 13.0 Å². The van der Waals surface area contributed by atoms with Gasteiger partial charge in [-0.15, -0.1) is 0 Å². The Morgan fingerprint density at radius 2 is 2.23 bits per heavy atom. The highest BCUT2D eigenvalue weighted by Crippen LogP contribution is 2.50. The number of ether oxygens (including phenoxy) is 1. The van der Waals surface area contributed by atoms with Gasteiger partial charge in [-0.3, -0.25) is 4.79 Å². The number of fused-ring (bicyclic) bond motifs is 1. The third kappa shape index (κ3) is 1.01. The summed E-state index contributed by atoms with van der Waals surface area (Å²) in [6.07, 6.45) is 0.392. The molecule has 2 aliphatic heterocycles. The quantitative estimate of drug-likeness (QED) is 0.584. The average Bonchev–Trinajstić information content (AvgIpc) is 2.53. The van der Waals surface area contributed by atoms with Crippen molar-refractivity contribution >= 4 is 5.91 Å². The maximum Gasteiger partial charge on any atom is 0.228 e. The number of carbonyl (C=O) groups excluding carboxylic acids is 1. The van der Waals surface area contributed by atoms with Gasteiger partial charge in [0.1, 0.15) is 6.17 Å². The first-order valence-electron chi connectivity index (χ1n) is 4.82. The van der Waals surface area contributed by atoms with Crippen molar-refractivity contribution in [3.63, 3.8) is 0 Å². The van der Waals surface area contributed by atoms with Gasteiger partial charge in [0.2, 0.25) is 5.91 Å². The van der Waals surface area contributed by atoms with Crippen LogP contribution >= 0.6 is 0 Å². The van der Waals surface area contributed by atoms with Gasteiger partial charge in [-0.2, -0.15) is 0 Å². The minimum atomic E-state index is -0.788. The predicted molar refractivity (Wildman–Crippen MR) is 42.8 cm³/mol. The zero-order chi connectivity index (χ0) is 9.00. The standard InChI is InChI=1S/C9H12FNO2/c10-5-3-11(4-5)9(12)7-6-1-2-13-8(6)7/h5-8H,1-4H2. The molecule has 0 aromatic rings. The fraction of sp³-hybridized carbons (Fsp3) is 0.889. The molecule has 1 saturated carbocycles. The Morgan fingerprint density at radius 3 is 2.77 bits per heavy atom. The number of nitrogens with zero attached hydrogens (tertiary/aromatic N) is 1. The van der Waals surface area contributed by atoms with Crippen molar-refractivity contribution in [3.05, 3.63) is 0 Å². The number of likely N-dealkylation sites (tertiary alicyclic amines) is 1. The largest absolute Gasteiger partial charge is 0.377 e. The first-order chi connectivity index (χ1) is 6.27. The van der Waals surface area contributed by atoms with E-state index in [0.29, 0.717) is 19.0 Å². The number of alkyl halides is 1. The lowest BCUT2D eigenvalue weighted by atomic mass is 10.1. The molecular weight excluding hydrogens is 173 g/mol. The van der Waals surface area contributed by atoms with Crippen LogP contribution in [-0.4, -0.2) is 42.8 Å². The lowest BCUT2D eigenvalue weighted by Crippen LogP contribution is -2.52.